The molecule has 8 heteroatoms. The largest absolute Gasteiger partial charge is 0.490 e. The summed E-state index contributed by atoms with van der Waals surface area (Å²) in [5, 5.41) is 15.7. The van der Waals surface area contributed by atoms with Crippen molar-refractivity contribution in [2.24, 2.45) is 0 Å². The van der Waals surface area contributed by atoms with Gasteiger partial charge in [0, 0.05) is 16.4 Å². The van der Waals surface area contributed by atoms with Crippen LogP contribution in [-0.4, -0.2) is 25.0 Å². The minimum atomic E-state index is -0.511. The second kappa shape index (κ2) is 12.4. The van der Waals surface area contributed by atoms with Crippen molar-refractivity contribution in [3.8, 4) is 17.6 Å². The van der Waals surface area contributed by atoms with Gasteiger partial charge in [-0.1, -0.05) is 29.8 Å². The molecule has 0 bridgehead atoms. The van der Waals surface area contributed by atoms with E-state index in [9.17, 15) is 14.9 Å². The summed E-state index contributed by atoms with van der Waals surface area (Å²) in [6.07, 6.45) is 1.47. The predicted molar refractivity (Wildman–Crippen MR) is 141 cm³/mol. The normalized spacial score (nSPS) is 10.8. The van der Waals surface area contributed by atoms with Crippen LogP contribution in [-0.2, 0) is 9.59 Å². The number of amides is 2. The molecular weight excluding hydrogens is 478 g/mol. The molecule has 0 aliphatic heterocycles. The van der Waals surface area contributed by atoms with E-state index in [-0.39, 0.29) is 18.1 Å². The molecule has 3 aromatic rings. The van der Waals surface area contributed by atoms with E-state index in [0.29, 0.717) is 40.1 Å². The van der Waals surface area contributed by atoms with Crippen molar-refractivity contribution in [3.63, 3.8) is 0 Å². The van der Waals surface area contributed by atoms with Gasteiger partial charge in [-0.3, -0.25) is 9.59 Å². The number of nitriles is 1. The number of nitrogens with zero attached hydrogens (tertiary/aromatic N) is 1. The van der Waals surface area contributed by atoms with Crippen molar-refractivity contribution in [1.82, 2.24) is 0 Å². The standard InChI is InChI=1S/C28H26ClN3O4/c1-4-35-26-15-20(14-21(16-30)28(34)32-24-7-5-6-18(2)19(24)3)8-13-25(26)36-17-27(33)31-23-11-9-22(29)10-12-23/h5-15H,4,17H2,1-3H3,(H,31,33)(H,32,34)/b21-14+. The summed E-state index contributed by atoms with van der Waals surface area (Å²) in [6.45, 7) is 5.80. The summed E-state index contributed by atoms with van der Waals surface area (Å²) >= 11 is 5.86. The number of ether oxygens (including phenoxy) is 2. The number of hydrogen-bond donors (Lipinski definition) is 2. The van der Waals surface area contributed by atoms with Crippen LogP contribution < -0.4 is 20.1 Å². The Labute approximate surface area is 215 Å². The van der Waals surface area contributed by atoms with Gasteiger partial charge < -0.3 is 20.1 Å². The van der Waals surface area contributed by atoms with Crippen LogP contribution in [0.1, 0.15) is 23.6 Å². The summed E-state index contributed by atoms with van der Waals surface area (Å²) < 4.78 is 11.3. The number of hydrogen-bond acceptors (Lipinski definition) is 5. The highest BCUT2D eigenvalue weighted by Gasteiger charge is 2.14. The van der Waals surface area contributed by atoms with E-state index in [0.717, 1.165) is 11.1 Å². The fraction of sp³-hybridized carbons (Fsp3) is 0.179. The topological polar surface area (TPSA) is 100 Å². The van der Waals surface area contributed by atoms with Crippen LogP contribution in [0.2, 0.25) is 5.02 Å². The predicted octanol–water partition coefficient (Wildman–Crippen LogP) is 5.92. The zero-order valence-corrected chi connectivity index (χ0v) is 21.0. The average molecular weight is 504 g/mol. The first-order valence-electron chi connectivity index (χ1n) is 11.2. The first-order valence-corrected chi connectivity index (χ1v) is 11.6. The van der Waals surface area contributed by atoms with E-state index >= 15 is 0 Å². The number of carbonyl (C=O) groups is 2. The maximum Gasteiger partial charge on any atom is 0.266 e. The van der Waals surface area contributed by atoms with Crippen molar-refractivity contribution in [2.45, 2.75) is 20.8 Å². The van der Waals surface area contributed by atoms with Crippen molar-refractivity contribution in [1.29, 1.82) is 5.26 Å². The van der Waals surface area contributed by atoms with E-state index in [2.05, 4.69) is 10.6 Å². The minimum Gasteiger partial charge on any atom is -0.490 e. The van der Waals surface area contributed by atoms with E-state index < -0.39 is 5.91 Å². The van der Waals surface area contributed by atoms with Gasteiger partial charge in [0.2, 0.25) is 0 Å². The van der Waals surface area contributed by atoms with Crippen LogP contribution in [0.4, 0.5) is 11.4 Å². The van der Waals surface area contributed by atoms with Crippen LogP contribution in [0.5, 0.6) is 11.5 Å². The third-order valence-electron chi connectivity index (χ3n) is 5.28. The molecule has 2 amide bonds. The maximum atomic E-state index is 12.7. The Hall–Kier alpha value is -4.28. The lowest BCUT2D eigenvalue weighted by atomic mass is 10.1. The van der Waals surface area contributed by atoms with Crippen molar-refractivity contribution < 1.29 is 19.1 Å². The first kappa shape index (κ1) is 26.3. The lowest BCUT2D eigenvalue weighted by Crippen LogP contribution is -2.20. The van der Waals surface area contributed by atoms with Crippen LogP contribution in [0.15, 0.2) is 66.2 Å². The van der Waals surface area contributed by atoms with E-state index in [1.165, 1.54) is 6.08 Å². The van der Waals surface area contributed by atoms with Gasteiger partial charge in [0.05, 0.1) is 6.61 Å². The number of anilines is 2. The van der Waals surface area contributed by atoms with Gasteiger partial charge >= 0.3 is 0 Å². The second-order valence-corrected chi connectivity index (χ2v) is 8.29. The molecule has 0 atom stereocenters. The lowest BCUT2D eigenvalue weighted by Gasteiger charge is -2.13. The quantitative estimate of drug-likeness (QED) is 0.279. The molecule has 3 rings (SSSR count). The number of aryl methyl sites for hydroxylation is 1. The Balaban J connectivity index is 1.72. The molecule has 0 heterocycles. The number of carbonyl (C=O) groups excluding carboxylic acids is 2. The molecular formula is C28H26ClN3O4. The van der Waals surface area contributed by atoms with Gasteiger partial charge in [0.1, 0.15) is 11.6 Å². The molecule has 0 aliphatic rings. The zero-order chi connectivity index (χ0) is 26.1. The molecule has 0 aliphatic carbocycles. The molecule has 2 N–H and O–H groups in total. The lowest BCUT2D eigenvalue weighted by molar-refractivity contribution is -0.118. The van der Waals surface area contributed by atoms with Gasteiger partial charge in [0.15, 0.2) is 18.1 Å². The van der Waals surface area contributed by atoms with Crippen molar-refractivity contribution in [3.05, 3.63) is 87.9 Å². The molecule has 0 saturated heterocycles. The Morgan fingerprint density at radius 3 is 2.44 bits per heavy atom. The third-order valence-corrected chi connectivity index (χ3v) is 5.54. The smallest absolute Gasteiger partial charge is 0.266 e. The molecule has 0 aromatic heterocycles. The van der Waals surface area contributed by atoms with E-state index in [1.807, 2.05) is 39.0 Å². The first-order chi connectivity index (χ1) is 17.3. The highest BCUT2D eigenvalue weighted by molar-refractivity contribution is 6.30. The van der Waals surface area contributed by atoms with Crippen LogP contribution in [0.25, 0.3) is 6.08 Å². The molecule has 3 aromatic carbocycles. The minimum absolute atomic E-state index is 0.0608. The van der Waals surface area contributed by atoms with Gasteiger partial charge in [0.25, 0.3) is 11.8 Å². The summed E-state index contributed by atoms with van der Waals surface area (Å²) in [6, 6.07) is 19.2. The van der Waals surface area contributed by atoms with Crippen LogP contribution in [0.3, 0.4) is 0 Å². The van der Waals surface area contributed by atoms with Crippen molar-refractivity contribution in [2.75, 3.05) is 23.8 Å². The van der Waals surface area contributed by atoms with Crippen molar-refractivity contribution >= 4 is 40.9 Å². The highest BCUT2D eigenvalue weighted by Crippen LogP contribution is 2.30. The number of benzene rings is 3. The Kier molecular flexibility index (Phi) is 9.09. The molecule has 0 fully saturated rings. The number of nitrogens with one attached hydrogen (secondary N) is 2. The molecule has 36 heavy (non-hydrogen) atoms. The number of halogens is 1. The van der Waals surface area contributed by atoms with Crippen LogP contribution in [0, 0.1) is 25.2 Å². The van der Waals surface area contributed by atoms with Gasteiger partial charge in [-0.2, -0.15) is 5.26 Å². The monoisotopic (exact) mass is 503 g/mol. The Bertz CT molecular complexity index is 1330. The summed E-state index contributed by atoms with van der Waals surface area (Å²) in [5.41, 5.74) is 3.73. The molecule has 0 saturated carbocycles. The average Bonchev–Trinajstić information content (AvgIpc) is 2.86. The third kappa shape index (κ3) is 7.11. The second-order valence-electron chi connectivity index (χ2n) is 7.85. The molecule has 0 spiro atoms. The van der Waals surface area contributed by atoms with E-state index in [1.54, 1.807) is 48.5 Å². The van der Waals surface area contributed by atoms with Gasteiger partial charge in [-0.25, -0.2) is 0 Å². The van der Waals surface area contributed by atoms with Gasteiger partial charge in [-0.05, 0) is 86.0 Å². The maximum absolute atomic E-state index is 12.7. The number of rotatable bonds is 9. The fourth-order valence-electron chi connectivity index (χ4n) is 3.27. The Morgan fingerprint density at radius 2 is 1.75 bits per heavy atom. The van der Waals surface area contributed by atoms with Gasteiger partial charge in [-0.15, -0.1) is 0 Å². The van der Waals surface area contributed by atoms with Crippen LogP contribution >= 0.6 is 11.6 Å². The molecule has 7 nitrogen and oxygen atoms in total. The fourth-order valence-corrected chi connectivity index (χ4v) is 3.39. The van der Waals surface area contributed by atoms with E-state index in [4.69, 9.17) is 21.1 Å². The molecule has 184 valence electrons. The summed E-state index contributed by atoms with van der Waals surface area (Å²) in [7, 11) is 0. The highest BCUT2D eigenvalue weighted by atomic mass is 35.5. The molecule has 0 unspecified atom stereocenters. The Morgan fingerprint density at radius 1 is 1.00 bits per heavy atom. The summed E-state index contributed by atoms with van der Waals surface area (Å²) in [4.78, 5) is 25.0. The molecule has 0 radical (unpaired) electrons. The SMILES string of the molecule is CCOc1cc(/C=C(\C#N)C(=O)Nc2cccc(C)c2C)ccc1OCC(=O)Nc1ccc(Cl)cc1. The summed E-state index contributed by atoms with van der Waals surface area (Å²) in [5.74, 6) is -0.113. The zero-order valence-electron chi connectivity index (χ0n) is 20.2.